The van der Waals surface area contributed by atoms with Gasteiger partial charge in [-0.05, 0) is 0 Å². The Morgan fingerprint density at radius 3 is 2.00 bits per heavy atom. The van der Waals surface area contributed by atoms with Crippen molar-refractivity contribution < 1.29 is 37.8 Å². The van der Waals surface area contributed by atoms with Crippen LogP contribution >= 0.6 is 0 Å². The van der Waals surface area contributed by atoms with Gasteiger partial charge in [0.1, 0.15) is 0 Å². The van der Waals surface area contributed by atoms with E-state index in [-0.39, 0.29) is 32.7 Å². The zero-order valence-electron chi connectivity index (χ0n) is 14.3. The maximum absolute atomic E-state index is 10.00. The van der Waals surface area contributed by atoms with E-state index in [1.807, 2.05) is 27.7 Å². The molecule has 0 aromatic heterocycles. The van der Waals surface area contributed by atoms with Crippen LogP contribution in [0.3, 0.4) is 0 Å². The van der Waals surface area contributed by atoms with Crippen molar-refractivity contribution in [3.05, 3.63) is 61.5 Å². The van der Waals surface area contributed by atoms with Crippen molar-refractivity contribution >= 4 is 12.7 Å². The van der Waals surface area contributed by atoms with E-state index in [4.69, 9.17) is 0 Å². The molecule has 1 nitrogen and oxygen atoms in total. The van der Waals surface area contributed by atoms with Gasteiger partial charge in [-0.3, -0.25) is 0 Å². The number of rotatable bonds is 1. The molecule has 2 rings (SSSR count). The molecule has 0 amide bonds. The Kier molecular flexibility index (Phi) is 6.18. The number of aromatic hydroxyl groups is 1. The first-order chi connectivity index (χ1) is 9.73. The Bertz CT molecular complexity index is 832. The molecule has 0 aliphatic carbocycles. The molecular weight excluding hydrogens is 345 g/mol. The van der Waals surface area contributed by atoms with E-state index in [0.717, 1.165) is 38.3 Å². The molecular formula is C20H22OY-2. The summed E-state index contributed by atoms with van der Waals surface area (Å²) in [7, 11) is 0. The van der Waals surface area contributed by atoms with Gasteiger partial charge < -0.3 is 5.11 Å². The van der Waals surface area contributed by atoms with E-state index in [1.54, 1.807) is 0 Å². The Morgan fingerprint density at radius 1 is 0.818 bits per heavy atom. The Balaban J connectivity index is 0.00000242. The standard InChI is InChI=1S/C20H22O.Y/c1-11-8-18(15(5)14(4)13(11)3)10-19-9-12(2)20(21)17(7)16(19)6;/h10,21H,3H2,1-2,4-7H3;/q-2;/b18-10+;. The van der Waals surface area contributed by atoms with Gasteiger partial charge in [0.05, 0.1) is 0 Å². The largest absolute Gasteiger partial charge is 0.551 e. The molecule has 0 saturated heterocycles. The molecule has 113 valence electrons. The summed E-state index contributed by atoms with van der Waals surface area (Å²) in [6.07, 6.45) is 2.10. The van der Waals surface area contributed by atoms with Gasteiger partial charge >= 0.3 is 0 Å². The smallest absolute Gasteiger partial charge is 0.0380 e. The van der Waals surface area contributed by atoms with E-state index in [1.165, 1.54) is 11.1 Å². The molecule has 0 unspecified atom stereocenters. The Hall–Kier alpha value is -0.916. The topological polar surface area (TPSA) is 20.2 Å². The van der Waals surface area contributed by atoms with Crippen molar-refractivity contribution in [2.45, 2.75) is 41.5 Å². The molecule has 1 N–H and O–H groups in total. The minimum Gasteiger partial charge on any atom is -0.551 e. The molecule has 0 aliphatic heterocycles. The summed E-state index contributed by atoms with van der Waals surface area (Å²) in [4.78, 5) is 0. The third-order valence-electron chi connectivity index (χ3n) is 4.48. The predicted octanol–water partition coefficient (Wildman–Crippen LogP) is 3.08. The van der Waals surface area contributed by atoms with Crippen LogP contribution in [0.1, 0.15) is 38.9 Å². The van der Waals surface area contributed by atoms with Crippen LogP contribution in [0, 0.1) is 53.7 Å². The second-order valence-corrected chi connectivity index (χ2v) is 5.80. The van der Waals surface area contributed by atoms with Gasteiger partial charge in [-0.1, -0.05) is 52.7 Å². The molecule has 0 atom stereocenters. The van der Waals surface area contributed by atoms with Crippen molar-refractivity contribution in [1.82, 2.24) is 0 Å². The van der Waals surface area contributed by atoms with E-state index in [0.29, 0.717) is 5.75 Å². The van der Waals surface area contributed by atoms with Crippen LogP contribution in [-0.4, -0.2) is 5.11 Å². The summed E-state index contributed by atoms with van der Waals surface area (Å²) in [5.41, 5.74) is 7.25. The Morgan fingerprint density at radius 2 is 1.41 bits per heavy atom. The molecule has 22 heavy (non-hydrogen) atoms. The number of aryl methyl sites for hydroxylation is 2. The van der Waals surface area contributed by atoms with Crippen LogP contribution in [0.2, 0.25) is 0 Å². The molecule has 1 radical (unpaired) electrons. The first-order valence-corrected chi connectivity index (χ1v) is 7.15. The van der Waals surface area contributed by atoms with E-state index in [2.05, 4.69) is 38.6 Å². The quantitative estimate of drug-likeness (QED) is 0.769. The number of hydrogen-bond donors (Lipinski definition) is 1. The van der Waals surface area contributed by atoms with Crippen LogP contribution in [0.5, 0.6) is 5.75 Å². The summed E-state index contributed by atoms with van der Waals surface area (Å²) < 4.78 is 0. The van der Waals surface area contributed by atoms with Gasteiger partial charge in [0.25, 0.3) is 0 Å². The van der Waals surface area contributed by atoms with E-state index >= 15 is 0 Å². The van der Waals surface area contributed by atoms with Gasteiger partial charge in [0.2, 0.25) is 0 Å². The second-order valence-electron chi connectivity index (χ2n) is 5.80. The first kappa shape index (κ1) is 19.1. The fourth-order valence-corrected chi connectivity index (χ4v) is 2.53. The van der Waals surface area contributed by atoms with Crippen molar-refractivity contribution in [1.29, 1.82) is 0 Å². The summed E-state index contributed by atoms with van der Waals surface area (Å²) >= 11 is 0. The third-order valence-corrected chi connectivity index (χ3v) is 4.48. The van der Waals surface area contributed by atoms with Crippen LogP contribution < -0.4 is 10.4 Å². The molecule has 0 spiro atoms. The van der Waals surface area contributed by atoms with Gasteiger partial charge in [-0.15, -0.1) is 63.0 Å². The van der Waals surface area contributed by atoms with Gasteiger partial charge in [0.15, 0.2) is 0 Å². The average Bonchev–Trinajstić information content (AvgIpc) is 2.45. The summed E-state index contributed by atoms with van der Waals surface area (Å²) in [6, 6.07) is 6.69. The maximum atomic E-state index is 10.00. The van der Waals surface area contributed by atoms with Gasteiger partial charge in [0, 0.05) is 38.5 Å². The van der Waals surface area contributed by atoms with Crippen LogP contribution in [-0.2, 0) is 32.7 Å². The zero-order chi connectivity index (χ0) is 15.9. The average molecular weight is 367 g/mol. The van der Waals surface area contributed by atoms with Gasteiger partial charge in [-0.25, -0.2) is 0 Å². The molecule has 0 saturated carbocycles. The molecule has 0 aliphatic rings. The molecule has 0 fully saturated rings. The summed E-state index contributed by atoms with van der Waals surface area (Å²) in [5, 5.41) is 12.1. The van der Waals surface area contributed by atoms with Crippen LogP contribution in [0.15, 0.2) is 0 Å². The fraction of sp³-hybridized carbons (Fsp3) is 0.300. The number of benzene rings is 2. The van der Waals surface area contributed by atoms with Crippen molar-refractivity contribution in [3.8, 4) is 5.75 Å². The number of phenols is 1. The monoisotopic (exact) mass is 367 g/mol. The van der Waals surface area contributed by atoms with Crippen LogP contribution in [0.25, 0.3) is 12.7 Å². The van der Waals surface area contributed by atoms with Crippen molar-refractivity contribution in [2.24, 2.45) is 0 Å². The molecule has 2 heteroatoms. The summed E-state index contributed by atoms with van der Waals surface area (Å²) in [5.74, 6) is 0.339. The van der Waals surface area contributed by atoms with Crippen LogP contribution in [0.4, 0.5) is 0 Å². The third kappa shape index (κ3) is 3.36. The second kappa shape index (κ2) is 7.11. The molecule has 2 aromatic rings. The van der Waals surface area contributed by atoms with Gasteiger partial charge in [-0.2, -0.15) is 0 Å². The number of phenolic OH excluding ortho intramolecular Hbond substituents is 1. The van der Waals surface area contributed by atoms with Crippen molar-refractivity contribution in [3.63, 3.8) is 0 Å². The molecule has 2 aromatic carbocycles. The summed E-state index contributed by atoms with van der Waals surface area (Å²) in [6.45, 7) is 16.2. The molecule has 0 heterocycles. The minimum atomic E-state index is 0. The Labute approximate surface area is 158 Å². The normalized spacial score (nSPS) is 11.5. The van der Waals surface area contributed by atoms with E-state index in [9.17, 15) is 5.11 Å². The number of hydrogen-bond acceptors (Lipinski definition) is 1. The molecule has 0 bridgehead atoms. The maximum Gasteiger partial charge on any atom is 0.0380 e. The van der Waals surface area contributed by atoms with Crippen molar-refractivity contribution in [2.75, 3.05) is 0 Å². The van der Waals surface area contributed by atoms with E-state index < -0.39 is 0 Å². The predicted molar refractivity (Wildman–Crippen MR) is 89.0 cm³/mol. The fourth-order valence-electron chi connectivity index (χ4n) is 2.53. The SMILES string of the molecule is C=c1c(C)[c-]/c(=C\c2[c-]c(C)c(O)c(C)c2C)c(C)c1C.[Y]. The zero-order valence-corrected chi connectivity index (χ0v) is 17.1. The minimum absolute atomic E-state index is 0. The first-order valence-electron chi connectivity index (χ1n) is 7.15.